The highest BCUT2D eigenvalue weighted by Gasteiger charge is 2.01. The van der Waals surface area contributed by atoms with Crippen LogP contribution in [0.4, 0.5) is 10.1 Å². The van der Waals surface area contributed by atoms with Gasteiger partial charge >= 0.3 is 0 Å². The number of hydrogen-bond acceptors (Lipinski definition) is 2. The van der Waals surface area contributed by atoms with Gasteiger partial charge in [-0.05, 0) is 35.4 Å². The Balaban J connectivity index is 1.89. The van der Waals surface area contributed by atoms with E-state index in [0.717, 1.165) is 11.3 Å². The number of nitrogens with zero attached hydrogens (tertiary/aromatic N) is 2. The van der Waals surface area contributed by atoms with Crippen LogP contribution in [-0.2, 0) is 13.1 Å². The number of rotatable bonds is 5. The van der Waals surface area contributed by atoms with Crippen LogP contribution in [0.1, 0.15) is 11.1 Å². The highest BCUT2D eigenvalue weighted by molar-refractivity contribution is 5.79. The SMILES string of the molecule is CN=C(NCc1cccc(F)c1)NCc1cccc(N(C)C)c1. The summed E-state index contributed by atoms with van der Waals surface area (Å²) in [5.41, 5.74) is 3.21. The van der Waals surface area contributed by atoms with Crippen LogP contribution in [0.5, 0.6) is 0 Å². The molecule has 0 fully saturated rings. The highest BCUT2D eigenvalue weighted by Crippen LogP contribution is 2.13. The highest BCUT2D eigenvalue weighted by atomic mass is 19.1. The minimum Gasteiger partial charge on any atom is -0.378 e. The Bertz CT molecular complexity index is 668. The van der Waals surface area contributed by atoms with Gasteiger partial charge in [-0.1, -0.05) is 24.3 Å². The fraction of sp³-hybridized carbons (Fsp3) is 0.278. The molecule has 23 heavy (non-hydrogen) atoms. The Morgan fingerprint density at radius 2 is 1.61 bits per heavy atom. The quantitative estimate of drug-likeness (QED) is 0.658. The van der Waals surface area contributed by atoms with E-state index in [1.807, 2.05) is 26.2 Å². The minimum absolute atomic E-state index is 0.229. The molecule has 0 saturated heterocycles. The number of guanidine groups is 1. The van der Waals surface area contributed by atoms with Crippen LogP contribution in [0.25, 0.3) is 0 Å². The molecule has 0 spiro atoms. The van der Waals surface area contributed by atoms with Gasteiger partial charge in [-0.15, -0.1) is 0 Å². The first-order valence-corrected chi connectivity index (χ1v) is 7.53. The molecule has 0 radical (unpaired) electrons. The Hall–Kier alpha value is -2.56. The van der Waals surface area contributed by atoms with E-state index in [1.54, 1.807) is 13.1 Å². The van der Waals surface area contributed by atoms with Crippen molar-refractivity contribution in [2.45, 2.75) is 13.1 Å². The van der Waals surface area contributed by atoms with Gasteiger partial charge in [-0.2, -0.15) is 0 Å². The average Bonchev–Trinajstić information content (AvgIpc) is 2.55. The molecule has 2 aromatic rings. The van der Waals surface area contributed by atoms with E-state index in [0.29, 0.717) is 19.0 Å². The van der Waals surface area contributed by atoms with Crippen molar-refractivity contribution in [3.63, 3.8) is 0 Å². The maximum Gasteiger partial charge on any atom is 0.191 e. The zero-order chi connectivity index (χ0) is 16.7. The summed E-state index contributed by atoms with van der Waals surface area (Å²) in [5, 5.41) is 6.45. The van der Waals surface area contributed by atoms with Crippen LogP contribution in [0.2, 0.25) is 0 Å². The normalized spacial score (nSPS) is 11.2. The predicted octanol–water partition coefficient (Wildman–Crippen LogP) is 2.76. The zero-order valence-corrected chi connectivity index (χ0v) is 13.8. The van der Waals surface area contributed by atoms with Crippen molar-refractivity contribution in [1.29, 1.82) is 0 Å². The molecule has 0 unspecified atom stereocenters. The molecule has 2 rings (SSSR count). The van der Waals surface area contributed by atoms with Crippen LogP contribution < -0.4 is 15.5 Å². The molecular formula is C18H23FN4. The second-order valence-corrected chi connectivity index (χ2v) is 5.47. The van der Waals surface area contributed by atoms with Crippen molar-refractivity contribution < 1.29 is 4.39 Å². The summed E-state index contributed by atoms with van der Waals surface area (Å²) in [4.78, 5) is 6.26. The summed E-state index contributed by atoms with van der Waals surface area (Å²) in [5.74, 6) is 0.456. The lowest BCUT2D eigenvalue weighted by Crippen LogP contribution is -2.36. The second-order valence-electron chi connectivity index (χ2n) is 5.47. The third-order valence-electron chi connectivity index (χ3n) is 3.46. The summed E-state index contributed by atoms with van der Waals surface area (Å²) >= 11 is 0. The fourth-order valence-electron chi connectivity index (χ4n) is 2.18. The van der Waals surface area contributed by atoms with E-state index >= 15 is 0 Å². The molecule has 2 N–H and O–H groups in total. The van der Waals surface area contributed by atoms with Crippen molar-refractivity contribution in [1.82, 2.24) is 10.6 Å². The third kappa shape index (κ3) is 5.29. The molecule has 0 heterocycles. The van der Waals surface area contributed by atoms with Crippen molar-refractivity contribution in [3.05, 3.63) is 65.5 Å². The molecule has 2 aromatic carbocycles. The van der Waals surface area contributed by atoms with E-state index in [-0.39, 0.29) is 5.82 Å². The molecule has 0 bridgehead atoms. The monoisotopic (exact) mass is 314 g/mol. The van der Waals surface area contributed by atoms with E-state index in [9.17, 15) is 4.39 Å². The van der Waals surface area contributed by atoms with Crippen molar-refractivity contribution in [3.8, 4) is 0 Å². The van der Waals surface area contributed by atoms with E-state index in [4.69, 9.17) is 0 Å². The van der Waals surface area contributed by atoms with Gasteiger partial charge in [-0.3, -0.25) is 4.99 Å². The Morgan fingerprint density at radius 3 is 2.17 bits per heavy atom. The Morgan fingerprint density at radius 1 is 1.00 bits per heavy atom. The molecular weight excluding hydrogens is 291 g/mol. The van der Waals surface area contributed by atoms with Crippen LogP contribution >= 0.6 is 0 Å². The van der Waals surface area contributed by atoms with E-state index in [1.165, 1.54) is 17.7 Å². The number of anilines is 1. The Labute approximate surface area is 137 Å². The van der Waals surface area contributed by atoms with Gasteiger partial charge in [0.25, 0.3) is 0 Å². The van der Waals surface area contributed by atoms with Gasteiger partial charge in [0.15, 0.2) is 5.96 Å². The number of nitrogens with one attached hydrogen (secondary N) is 2. The van der Waals surface area contributed by atoms with Crippen LogP contribution in [0, 0.1) is 5.82 Å². The molecule has 0 saturated carbocycles. The van der Waals surface area contributed by atoms with Crippen LogP contribution in [0.3, 0.4) is 0 Å². The van der Waals surface area contributed by atoms with Gasteiger partial charge in [0.2, 0.25) is 0 Å². The summed E-state index contributed by atoms with van der Waals surface area (Å²) in [6, 6.07) is 14.8. The molecule has 0 aliphatic rings. The van der Waals surface area contributed by atoms with Gasteiger partial charge in [-0.25, -0.2) is 4.39 Å². The molecule has 4 nitrogen and oxygen atoms in total. The van der Waals surface area contributed by atoms with E-state index < -0.39 is 0 Å². The number of halogens is 1. The largest absolute Gasteiger partial charge is 0.378 e. The minimum atomic E-state index is -0.229. The number of benzene rings is 2. The molecule has 5 heteroatoms. The molecule has 0 aliphatic heterocycles. The lowest BCUT2D eigenvalue weighted by atomic mass is 10.2. The molecule has 0 aliphatic carbocycles. The summed E-state index contributed by atoms with van der Waals surface area (Å²) in [7, 11) is 5.76. The first-order valence-electron chi connectivity index (χ1n) is 7.53. The lowest BCUT2D eigenvalue weighted by Gasteiger charge is -2.15. The van der Waals surface area contributed by atoms with Gasteiger partial charge in [0.05, 0.1) is 0 Å². The summed E-state index contributed by atoms with van der Waals surface area (Å²) < 4.78 is 13.2. The number of aliphatic imine (C=N–C) groups is 1. The fourth-order valence-corrected chi connectivity index (χ4v) is 2.18. The van der Waals surface area contributed by atoms with Gasteiger partial charge in [0, 0.05) is 39.9 Å². The summed E-state index contributed by atoms with van der Waals surface area (Å²) in [6.07, 6.45) is 0. The zero-order valence-electron chi connectivity index (χ0n) is 13.8. The second kappa shape index (κ2) is 8.17. The maximum absolute atomic E-state index is 13.2. The first-order chi connectivity index (χ1) is 11.1. The van der Waals surface area contributed by atoms with Gasteiger partial charge < -0.3 is 15.5 Å². The topological polar surface area (TPSA) is 39.7 Å². The Kier molecular flexibility index (Phi) is 5.97. The molecule has 0 aromatic heterocycles. The van der Waals surface area contributed by atoms with Gasteiger partial charge in [0.1, 0.15) is 5.82 Å². The third-order valence-corrected chi connectivity index (χ3v) is 3.46. The van der Waals surface area contributed by atoms with Crippen molar-refractivity contribution in [2.24, 2.45) is 4.99 Å². The average molecular weight is 314 g/mol. The lowest BCUT2D eigenvalue weighted by molar-refractivity contribution is 0.624. The first kappa shape index (κ1) is 16.8. The number of hydrogen-bond donors (Lipinski definition) is 2. The van der Waals surface area contributed by atoms with Crippen molar-refractivity contribution >= 4 is 11.6 Å². The van der Waals surface area contributed by atoms with Crippen LogP contribution in [-0.4, -0.2) is 27.1 Å². The maximum atomic E-state index is 13.2. The molecule has 0 amide bonds. The summed E-state index contributed by atoms with van der Waals surface area (Å²) in [6.45, 7) is 1.19. The smallest absolute Gasteiger partial charge is 0.191 e. The van der Waals surface area contributed by atoms with Crippen molar-refractivity contribution in [2.75, 3.05) is 26.0 Å². The molecule has 0 atom stereocenters. The molecule has 122 valence electrons. The predicted molar refractivity (Wildman–Crippen MR) is 94.2 cm³/mol. The standard InChI is InChI=1S/C18H23FN4/c1-20-18(21-12-14-6-4-8-16(19)10-14)22-13-15-7-5-9-17(11-15)23(2)3/h4-11H,12-13H2,1-3H3,(H2,20,21,22). The van der Waals surface area contributed by atoms with E-state index in [2.05, 4.69) is 38.7 Å². The van der Waals surface area contributed by atoms with Crippen LogP contribution in [0.15, 0.2) is 53.5 Å².